The highest BCUT2D eigenvalue weighted by atomic mass is 35.5. The van der Waals surface area contributed by atoms with Crippen LogP contribution in [0.25, 0.3) is 16.6 Å². The zero-order valence-electron chi connectivity index (χ0n) is 21.0. The number of pyridine rings is 1. The van der Waals surface area contributed by atoms with Crippen molar-refractivity contribution in [3.8, 4) is 11.4 Å². The molecule has 2 heterocycles. The lowest BCUT2D eigenvalue weighted by Gasteiger charge is -2.26. The lowest BCUT2D eigenvalue weighted by molar-refractivity contribution is -0.132. The van der Waals surface area contributed by atoms with Crippen molar-refractivity contribution in [3.05, 3.63) is 82.3 Å². The Bertz CT molecular complexity index is 1490. The monoisotopic (exact) mass is 544 g/mol. The van der Waals surface area contributed by atoms with Crippen molar-refractivity contribution in [1.82, 2.24) is 20.1 Å². The summed E-state index contributed by atoms with van der Waals surface area (Å²) >= 11 is 6.39. The van der Waals surface area contributed by atoms with Gasteiger partial charge in [0.25, 0.3) is 0 Å². The first-order chi connectivity index (χ1) is 18.0. The van der Waals surface area contributed by atoms with Crippen molar-refractivity contribution >= 4 is 28.4 Å². The highest BCUT2D eigenvalue weighted by Gasteiger charge is 2.30. The molecule has 0 aliphatic rings. The first-order valence-electron chi connectivity index (χ1n) is 11.8. The summed E-state index contributed by atoms with van der Waals surface area (Å²) in [6.07, 6.45) is 2.37. The normalized spacial score (nSPS) is 12.5. The Morgan fingerprint density at radius 2 is 1.97 bits per heavy atom. The van der Waals surface area contributed by atoms with Gasteiger partial charge in [0.05, 0.1) is 47.8 Å². The Morgan fingerprint density at radius 1 is 1.21 bits per heavy atom. The fraction of sp³-hybridized carbons (Fsp3) is 0.296. The minimum atomic E-state index is -1.12. The number of benzene rings is 2. The molecule has 11 heteroatoms. The number of para-hydroxylation sites is 1. The largest absolute Gasteiger partial charge is 0.487 e. The highest BCUT2D eigenvalue weighted by molar-refractivity contribution is 6.31. The van der Waals surface area contributed by atoms with Gasteiger partial charge in [-0.25, -0.2) is 18.4 Å². The zero-order valence-corrected chi connectivity index (χ0v) is 21.8. The Hall–Kier alpha value is -3.60. The second kappa shape index (κ2) is 11.0. The summed E-state index contributed by atoms with van der Waals surface area (Å²) < 4.78 is 35.5. The summed E-state index contributed by atoms with van der Waals surface area (Å²) in [6.45, 7) is 3.78. The zero-order chi connectivity index (χ0) is 27.6. The number of ether oxygens (including phenoxy) is 1. The first kappa shape index (κ1) is 27.4. The van der Waals surface area contributed by atoms with Gasteiger partial charge in [0.15, 0.2) is 5.82 Å². The van der Waals surface area contributed by atoms with Crippen molar-refractivity contribution in [3.63, 3.8) is 0 Å². The molecule has 0 fully saturated rings. The van der Waals surface area contributed by atoms with Crippen LogP contribution >= 0.6 is 11.6 Å². The quantitative estimate of drug-likeness (QED) is 0.288. The molecule has 1 atom stereocenters. The SMILES string of the molecule is Cc1cc(-n2cc(F)cn2)c2cccc(OCc3c(Cl)cc(F)cc3[C@H](CO)NC(=O)C(C)(C)CO)c2n1. The molecular weight excluding hydrogens is 518 g/mol. The minimum Gasteiger partial charge on any atom is -0.487 e. The average Bonchev–Trinajstić information content (AvgIpc) is 3.31. The molecule has 2 aromatic heterocycles. The number of aryl methyl sites for hydroxylation is 1. The highest BCUT2D eigenvalue weighted by Crippen LogP contribution is 2.33. The summed E-state index contributed by atoms with van der Waals surface area (Å²) in [6, 6.07) is 8.32. The number of rotatable bonds is 9. The Labute approximate surface area is 222 Å². The van der Waals surface area contributed by atoms with Gasteiger partial charge in [0.1, 0.15) is 23.7 Å². The van der Waals surface area contributed by atoms with Gasteiger partial charge in [0, 0.05) is 16.6 Å². The fourth-order valence-corrected chi connectivity index (χ4v) is 4.22. The van der Waals surface area contributed by atoms with E-state index in [1.807, 2.05) is 0 Å². The van der Waals surface area contributed by atoms with Gasteiger partial charge in [-0.05, 0) is 50.6 Å². The van der Waals surface area contributed by atoms with Crippen molar-refractivity contribution in [1.29, 1.82) is 0 Å². The number of aromatic nitrogens is 3. The van der Waals surface area contributed by atoms with Crippen LogP contribution in [0.5, 0.6) is 5.75 Å². The Morgan fingerprint density at radius 3 is 2.63 bits per heavy atom. The predicted octanol–water partition coefficient (Wildman–Crippen LogP) is 4.41. The molecule has 4 rings (SSSR count). The van der Waals surface area contributed by atoms with Crippen LogP contribution in [-0.2, 0) is 11.4 Å². The third-order valence-electron chi connectivity index (χ3n) is 6.15. The number of nitrogens with zero attached hydrogens (tertiary/aromatic N) is 3. The third kappa shape index (κ3) is 5.62. The molecule has 0 aliphatic carbocycles. The van der Waals surface area contributed by atoms with Gasteiger partial charge >= 0.3 is 0 Å². The van der Waals surface area contributed by atoms with Crippen LogP contribution in [0.1, 0.15) is 36.7 Å². The predicted molar refractivity (Wildman–Crippen MR) is 138 cm³/mol. The molecule has 2 aromatic carbocycles. The first-order valence-corrected chi connectivity index (χ1v) is 12.2. The number of fused-ring (bicyclic) bond motifs is 1. The fourth-order valence-electron chi connectivity index (χ4n) is 3.95. The van der Waals surface area contributed by atoms with Crippen LogP contribution in [0.4, 0.5) is 8.78 Å². The summed E-state index contributed by atoms with van der Waals surface area (Å²) in [4.78, 5) is 17.2. The maximum atomic E-state index is 14.4. The van der Waals surface area contributed by atoms with Crippen LogP contribution in [-0.4, -0.2) is 44.1 Å². The molecule has 0 spiro atoms. The Kier molecular flexibility index (Phi) is 7.96. The van der Waals surface area contributed by atoms with Crippen LogP contribution < -0.4 is 10.1 Å². The van der Waals surface area contributed by atoms with Gasteiger partial charge < -0.3 is 20.3 Å². The molecule has 1 amide bonds. The molecular formula is C27H27ClF2N4O4. The van der Waals surface area contributed by atoms with Crippen molar-refractivity contribution in [2.24, 2.45) is 5.41 Å². The van der Waals surface area contributed by atoms with Gasteiger partial charge in [-0.15, -0.1) is 0 Å². The number of halogens is 3. The van der Waals surface area contributed by atoms with Gasteiger partial charge in [0.2, 0.25) is 5.91 Å². The summed E-state index contributed by atoms with van der Waals surface area (Å²) in [5, 5.41) is 27.0. The molecule has 0 bridgehead atoms. The van der Waals surface area contributed by atoms with E-state index in [1.165, 1.54) is 16.9 Å². The van der Waals surface area contributed by atoms with Crippen molar-refractivity contribution < 1.29 is 28.5 Å². The average molecular weight is 545 g/mol. The number of aliphatic hydroxyl groups excluding tert-OH is 2. The Balaban J connectivity index is 1.70. The van der Waals surface area contributed by atoms with E-state index in [9.17, 15) is 23.8 Å². The molecule has 3 N–H and O–H groups in total. The van der Waals surface area contributed by atoms with E-state index in [1.54, 1.807) is 45.0 Å². The van der Waals surface area contributed by atoms with E-state index >= 15 is 0 Å². The number of carbonyl (C=O) groups is 1. The standard InChI is InChI=1S/C27H27ClF2N4O4/c1-15-7-23(34-11-17(30)10-31-34)18-5-4-6-24(25(18)32-15)38-13-20-19(8-16(29)9-21(20)28)22(12-35)33-26(37)27(2,3)14-36/h4-11,22,35-36H,12-14H2,1-3H3,(H,33,37)/t22-/m0/s1. The number of amides is 1. The van der Waals surface area contributed by atoms with Crippen LogP contribution in [0.2, 0.25) is 5.02 Å². The van der Waals surface area contributed by atoms with Gasteiger partial charge in [-0.2, -0.15) is 5.10 Å². The molecule has 8 nitrogen and oxygen atoms in total. The lowest BCUT2D eigenvalue weighted by Crippen LogP contribution is -2.42. The maximum Gasteiger partial charge on any atom is 0.228 e. The number of nitrogens with one attached hydrogen (secondary N) is 1. The van der Waals surface area contributed by atoms with E-state index in [0.717, 1.165) is 12.3 Å². The summed E-state index contributed by atoms with van der Waals surface area (Å²) in [5.41, 5.74) is 1.22. The maximum absolute atomic E-state index is 14.4. The van der Waals surface area contributed by atoms with Crippen LogP contribution in [0.15, 0.2) is 48.8 Å². The molecule has 200 valence electrons. The van der Waals surface area contributed by atoms with E-state index in [2.05, 4.69) is 15.4 Å². The smallest absolute Gasteiger partial charge is 0.228 e. The van der Waals surface area contributed by atoms with E-state index in [-0.39, 0.29) is 17.2 Å². The number of hydrogen-bond donors (Lipinski definition) is 3. The molecule has 0 saturated carbocycles. The van der Waals surface area contributed by atoms with Crippen LogP contribution in [0.3, 0.4) is 0 Å². The van der Waals surface area contributed by atoms with Gasteiger partial charge in [-0.1, -0.05) is 23.7 Å². The molecule has 38 heavy (non-hydrogen) atoms. The lowest BCUT2D eigenvalue weighted by atomic mass is 9.92. The second-order valence-corrected chi connectivity index (χ2v) is 9.94. The topological polar surface area (TPSA) is 110 Å². The van der Waals surface area contributed by atoms with E-state index in [4.69, 9.17) is 16.3 Å². The molecule has 0 saturated heterocycles. The van der Waals surface area contributed by atoms with Crippen molar-refractivity contribution in [2.75, 3.05) is 13.2 Å². The summed E-state index contributed by atoms with van der Waals surface area (Å²) in [7, 11) is 0. The van der Waals surface area contributed by atoms with Crippen molar-refractivity contribution in [2.45, 2.75) is 33.4 Å². The van der Waals surface area contributed by atoms with E-state index < -0.39 is 42.2 Å². The number of aliphatic hydroxyl groups is 2. The summed E-state index contributed by atoms with van der Waals surface area (Å²) in [5.74, 6) is -1.27. The molecule has 0 unspecified atom stereocenters. The molecule has 0 aliphatic heterocycles. The number of carbonyl (C=O) groups excluding carboxylic acids is 1. The minimum absolute atomic E-state index is 0.0474. The third-order valence-corrected chi connectivity index (χ3v) is 6.48. The van der Waals surface area contributed by atoms with Gasteiger partial charge in [-0.3, -0.25) is 4.79 Å². The van der Waals surface area contributed by atoms with Crippen LogP contribution in [0, 0.1) is 24.0 Å². The second-order valence-electron chi connectivity index (χ2n) is 9.53. The molecule has 0 radical (unpaired) electrons. The number of hydrogen-bond acceptors (Lipinski definition) is 6. The molecule has 4 aromatic rings. The van der Waals surface area contributed by atoms with E-state index in [0.29, 0.717) is 33.6 Å².